The predicted molar refractivity (Wildman–Crippen MR) is 132 cm³/mol. The first-order chi connectivity index (χ1) is 15.8. The van der Waals surface area contributed by atoms with E-state index < -0.39 is 0 Å². The number of amides is 1. The maximum Gasteiger partial charge on any atom is 0.256 e. The van der Waals surface area contributed by atoms with Gasteiger partial charge in [0.25, 0.3) is 5.91 Å². The van der Waals surface area contributed by atoms with Gasteiger partial charge in [0.2, 0.25) is 5.95 Å². The molecule has 4 rings (SSSR count). The van der Waals surface area contributed by atoms with Crippen LogP contribution in [0.15, 0.2) is 60.9 Å². The molecule has 2 aromatic carbocycles. The fraction of sp³-hybridized carbons (Fsp3) is 0.231. The summed E-state index contributed by atoms with van der Waals surface area (Å²) in [5, 5.41) is 17.1. The van der Waals surface area contributed by atoms with Crippen LogP contribution >= 0.6 is 0 Å². The number of benzene rings is 2. The second-order valence-electron chi connectivity index (χ2n) is 8.66. The third-order valence-corrected chi connectivity index (χ3v) is 5.74. The lowest BCUT2D eigenvalue weighted by atomic mass is 10.0. The SMILES string of the molecule is CCC(C)(C)Nc1ncc2c(NC(=O)c3ccccc3)ncc(-c3ccc(C)c(O)c3)c2n1. The minimum Gasteiger partial charge on any atom is -0.508 e. The third kappa shape index (κ3) is 4.77. The van der Waals surface area contributed by atoms with Crippen molar-refractivity contribution in [2.45, 2.75) is 39.7 Å². The standard InChI is InChI=1S/C26H27N5O2/c1-5-26(3,4)31-25-28-15-20-22(29-25)19(18-12-11-16(2)21(32)13-18)14-27-23(20)30-24(33)17-9-7-6-8-10-17/h6-15,32H,5H2,1-4H3,(H,27,30,33)(H,28,29,31). The molecule has 3 N–H and O–H groups in total. The lowest BCUT2D eigenvalue weighted by Crippen LogP contribution is -2.30. The number of anilines is 2. The molecule has 1 amide bonds. The highest BCUT2D eigenvalue weighted by Gasteiger charge is 2.19. The number of aromatic hydroxyl groups is 1. The molecule has 0 saturated carbocycles. The minimum absolute atomic E-state index is 0.187. The summed E-state index contributed by atoms with van der Waals surface area (Å²) in [4.78, 5) is 26.5. The van der Waals surface area contributed by atoms with Crippen molar-refractivity contribution in [1.82, 2.24) is 15.0 Å². The van der Waals surface area contributed by atoms with Gasteiger partial charge in [-0.05, 0) is 56.5 Å². The zero-order valence-electron chi connectivity index (χ0n) is 19.2. The number of aromatic nitrogens is 3. The normalized spacial score (nSPS) is 11.4. The fourth-order valence-electron chi connectivity index (χ4n) is 3.33. The molecule has 0 radical (unpaired) electrons. The van der Waals surface area contributed by atoms with Crippen LogP contribution in [-0.2, 0) is 0 Å². The molecule has 4 aromatic rings. The predicted octanol–water partition coefficient (Wildman–Crippen LogP) is 5.56. The van der Waals surface area contributed by atoms with Crippen molar-refractivity contribution >= 4 is 28.6 Å². The van der Waals surface area contributed by atoms with Crippen LogP contribution < -0.4 is 10.6 Å². The fourth-order valence-corrected chi connectivity index (χ4v) is 3.33. The van der Waals surface area contributed by atoms with Gasteiger partial charge in [-0.25, -0.2) is 15.0 Å². The number of fused-ring (bicyclic) bond motifs is 1. The second kappa shape index (κ2) is 8.86. The smallest absolute Gasteiger partial charge is 0.256 e. The van der Waals surface area contributed by atoms with Gasteiger partial charge in [-0.1, -0.05) is 37.3 Å². The van der Waals surface area contributed by atoms with E-state index in [0.29, 0.717) is 28.2 Å². The topological polar surface area (TPSA) is 100 Å². The quantitative estimate of drug-likeness (QED) is 0.362. The molecule has 7 nitrogen and oxygen atoms in total. The van der Waals surface area contributed by atoms with Gasteiger partial charge in [-0.15, -0.1) is 0 Å². The van der Waals surface area contributed by atoms with E-state index in [0.717, 1.165) is 23.1 Å². The number of pyridine rings is 1. The molecular formula is C26H27N5O2. The summed E-state index contributed by atoms with van der Waals surface area (Å²) in [7, 11) is 0. The molecule has 0 spiro atoms. The summed E-state index contributed by atoms with van der Waals surface area (Å²) in [6.07, 6.45) is 4.22. The lowest BCUT2D eigenvalue weighted by Gasteiger charge is -2.24. The summed E-state index contributed by atoms with van der Waals surface area (Å²) >= 11 is 0. The first-order valence-electron chi connectivity index (χ1n) is 10.9. The van der Waals surface area contributed by atoms with Crippen LogP contribution in [0.3, 0.4) is 0 Å². The minimum atomic E-state index is -0.264. The van der Waals surface area contributed by atoms with E-state index in [-0.39, 0.29) is 17.2 Å². The van der Waals surface area contributed by atoms with E-state index >= 15 is 0 Å². The number of aryl methyl sites for hydroxylation is 1. The zero-order chi connectivity index (χ0) is 23.6. The van der Waals surface area contributed by atoms with E-state index in [4.69, 9.17) is 4.98 Å². The number of nitrogens with zero attached hydrogens (tertiary/aromatic N) is 3. The molecule has 0 saturated heterocycles. The van der Waals surface area contributed by atoms with Crippen LogP contribution in [0, 0.1) is 6.92 Å². The Morgan fingerprint density at radius 1 is 1.06 bits per heavy atom. The maximum atomic E-state index is 12.8. The molecule has 0 unspecified atom stereocenters. The number of phenols is 1. The molecule has 0 aliphatic heterocycles. The number of rotatable bonds is 6. The van der Waals surface area contributed by atoms with Crippen molar-refractivity contribution in [3.05, 3.63) is 72.1 Å². The molecular weight excluding hydrogens is 414 g/mol. The molecule has 168 valence electrons. The van der Waals surface area contributed by atoms with Crippen LogP contribution in [0.25, 0.3) is 22.0 Å². The van der Waals surface area contributed by atoms with Gasteiger partial charge in [-0.3, -0.25) is 4.79 Å². The summed E-state index contributed by atoms with van der Waals surface area (Å²) in [6, 6.07) is 14.4. The van der Waals surface area contributed by atoms with E-state index in [1.54, 1.807) is 30.6 Å². The molecule has 0 fully saturated rings. The summed E-state index contributed by atoms with van der Waals surface area (Å²) in [5.41, 5.74) is 3.26. The summed E-state index contributed by atoms with van der Waals surface area (Å²) < 4.78 is 0. The van der Waals surface area contributed by atoms with Crippen molar-refractivity contribution in [2.24, 2.45) is 0 Å². The molecule has 7 heteroatoms. The largest absolute Gasteiger partial charge is 0.508 e. The zero-order valence-corrected chi connectivity index (χ0v) is 19.2. The maximum absolute atomic E-state index is 12.8. The molecule has 0 atom stereocenters. The highest BCUT2D eigenvalue weighted by atomic mass is 16.3. The first kappa shape index (κ1) is 22.2. The summed E-state index contributed by atoms with van der Waals surface area (Å²) in [6.45, 7) is 8.10. The average Bonchev–Trinajstić information content (AvgIpc) is 2.81. The van der Waals surface area contributed by atoms with E-state index in [1.807, 2.05) is 37.3 Å². The number of nitrogens with one attached hydrogen (secondary N) is 2. The van der Waals surface area contributed by atoms with Gasteiger partial charge in [0, 0.05) is 29.1 Å². The van der Waals surface area contributed by atoms with Crippen molar-refractivity contribution in [2.75, 3.05) is 10.6 Å². The Balaban J connectivity index is 1.83. The van der Waals surface area contributed by atoms with E-state index in [1.165, 1.54) is 0 Å². The molecule has 33 heavy (non-hydrogen) atoms. The molecule has 0 aliphatic carbocycles. The highest BCUT2D eigenvalue weighted by Crippen LogP contribution is 2.33. The van der Waals surface area contributed by atoms with Gasteiger partial charge in [-0.2, -0.15) is 0 Å². The highest BCUT2D eigenvalue weighted by molar-refractivity contribution is 6.09. The second-order valence-corrected chi connectivity index (χ2v) is 8.66. The van der Waals surface area contributed by atoms with Gasteiger partial charge < -0.3 is 15.7 Å². The Morgan fingerprint density at radius 2 is 1.82 bits per heavy atom. The van der Waals surface area contributed by atoms with Crippen LogP contribution in [0.2, 0.25) is 0 Å². The Morgan fingerprint density at radius 3 is 2.52 bits per heavy atom. The number of phenolic OH excluding ortho intramolecular Hbond substituents is 1. The van der Waals surface area contributed by atoms with Crippen LogP contribution in [0.4, 0.5) is 11.8 Å². The van der Waals surface area contributed by atoms with Gasteiger partial charge in [0.05, 0.1) is 10.9 Å². The van der Waals surface area contributed by atoms with Crippen molar-refractivity contribution < 1.29 is 9.90 Å². The van der Waals surface area contributed by atoms with Gasteiger partial charge in [0.1, 0.15) is 11.6 Å². The van der Waals surface area contributed by atoms with Crippen molar-refractivity contribution in [1.29, 1.82) is 0 Å². The van der Waals surface area contributed by atoms with Crippen LogP contribution in [-0.4, -0.2) is 31.5 Å². The van der Waals surface area contributed by atoms with Crippen molar-refractivity contribution in [3.8, 4) is 16.9 Å². The average molecular weight is 442 g/mol. The van der Waals surface area contributed by atoms with E-state index in [2.05, 4.69) is 41.4 Å². The number of carbonyl (C=O) groups excluding carboxylic acids is 1. The first-order valence-corrected chi connectivity index (χ1v) is 10.9. The Hall–Kier alpha value is -4.00. The van der Waals surface area contributed by atoms with E-state index in [9.17, 15) is 9.90 Å². The third-order valence-electron chi connectivity index (χ3n) is 5.74. The van der Waals surface area contributed by atoms with Crippen molar-refractivity contribution in [3.63, 3.8) is 0 Å². The van der Waals surface area contributed by atoms with Gasteiger partial charge in [0.15, 0.2) is 0 Å². The number of carbonyl (C=O) groups is 1. The molecule has 2 aromatic heterocycles. The molecule has 2 heterocycles. The number of hydrogen-bond donors (Lipinski definition) is 3. The number of hydrogen-bond acceptors (Lipinski definition) is 6. The Bertz CT molecular complexity index is 1320. The van der Waals surface area contributed by atoms with Crippen LogP contribution in [0.1, 0.15) is 43.1 Å². The molecule has 0 aliphatic rings. The lowest BCUT2D eigenvalue weighted by molar-refractivity contribution is 0.102. The molecule has 0 bridgehead atoms. The monoisotopic (exact) mass is 441 g/mol. The Kier molecular flexibility index (Phi) is 5.96. The van der Waals surface area contributed by atoms with Gasteiger partial charge >= 0.3 is 0 Å². The van der Waals surface area contributed by atoms with Crippen LogP contribution in [0.5, 0.6) is 5.75 Å². The summed E-state index contributed by atoms with van der Waals surface area (Å²) in [5.74, 6) is 0.791. The Labute approximate surface area is 192 Å².